The van der Waals surface area contributed by atoms with Gasteiger partial charge in [0, 0.05) is 22.9 Å². The zero-order valence-electron chi connectivity index (χ0n) is 17.8. The van der Waals surface area contributed by atoms with Gasteiger partial charge in [0.25, 0.3) is 5.91 Å². The molecule has 0 saturated carbocycles. The number of piperidine rings is 1. The summed E-state index contributed by atoms with van der Waals surface area (Å²) in [5.74, 6) is -0.882. The zero-order chi connectivity index (χ0) is 21.1. The lowest BCUT2D eigenvalue weighted by molar-refractivity contribution is -0.138. The van der Waals surface area contributed by atoms with E-state index >= 15 is 0 Å². The van der Waals surface area contributed by atoms with E-state index in [4.69, 9.17) is 4.74 Å². The second kappa shape index (κ2) is 9.07. The van der Waals surface area contributed by atoms with Gasteiger partial charge in [-0.1, -0.05) is 27.7 Å². The smallest absolute Gasteiger partial charge is 0.341 e. The zero-order valence-corrected chi connectivity index (χ0v) is 18.6. The summed E-state index contributed by atoms with van der Waals surface area (Å²) < 4.78 is 5.36. The van der Waals surface area contributed by atoms with E-state index in [1.165, 1.54) is 11.3 Å². The summed E-state index contributed by atoms with van der Waals surface area (Å²) in [4.78, 5) is 40.4. The van der Waals surface area contributed by atoms with Crippen LogP contribution in [-0.4, -0.2) is 41.9 Å². The van der Waals surface area contributed by atoms with Crippen LogP contribution in [0.3, 0.4) is 0 Å². The topological polar surface area (TPSA) is 75.7 Å². The number of hydrogen-bond donors (Lipinski definition) is 1. The van der Waals surface area contributed by atoms with Crippen molar-refractivity contribution in [2.45, 2.75) is 73.3 Å². The number of esters is 1. The van der Waals surface area contributed by atoms with Crippen molar-refractivity contribution in [3.8, 4) is 0 Å². The molecule has 1 aromatic heterocycles. The molecule has 1 N–H and O–H groups in total. The summed E-state index contributed by atoms with van der Waals surface area (Å²) in [6.45, 7) is 11.7. The molecule has 1 atom stereocenters. The molecule has 1 aliphatic rings. The van der Waals surface area contributed by atoms with Gasteiger partial charge in [0.05, 0.1) is 5.56 Å². The van der Waals surface area contributed by atoms with Gasteiger partial charge in [0.2, 0.25) is 5.91 Å². The number of ether oxygens (including phenoxy) is 1. The quantitative estimate of drug-likeness (QED) is 0.737. The SMILES string of the molecule is CCC1CCCCN1C(=O)COC(=O)c1c(NC(=O)C(C)(C)C)sc(C)c1C. The van der Waals surface area contributed by atoms with Gasteiger partial charge in [-0.25, -0.2) is 4.79 Å². The minimum atomic E-state index is -0.577. The molecule has 1 fully saturated rings. The van der Waals surface area contributed by atoms with E-state index in [9.17, 15) is 14.4 Å². The first-order valence-electron chi connectivity index (χ1n) is 9.94. The maximum Gasteiger partial charge on any atom is 0.341 e. The molecule has 1 saturated heterocycles. The Labute approximate surface area is 171 Å². The van der Waals surface area contributed by atoms with Crippen molar-refractivity contribution < 1.29 is 19.1 Å². The van der Waals surface area contributed by atoms with E-state index < -0.39 is 11.4 Å². The van der Waals surface area contributed by atoms with Crippen LogP contribution in [0.15, 0.2) is 0 Å². The molecule has 7 heteroatoms. The normalized spacial score (nSPS) is 17.4. The lowest BCUT2D eigenvalue weighted by Crippen LogP contribution is -2.45. The van der Waals surface area contributed by atoms with Gasteiger partial charge in [-0.3, -0.25) is 9.59 Å². The standard InChI is InChI=1S/C21H32N2O4S/c1-7-15-10-8-9-11-23(15)16(24)12-27-19(25)17-13(2)14(3)28-18(17)22-20(26)21(4,5)6/h15H,7-12H2,1-6H3,(H,22,26). The number of aryl methyl sites for hydroxylation is 1. The molecular weight excluding hydrogens is 376 g/mol. The highest BCUT2D eigenvalue weighted by molar-refractivity contribution is 7.16. The van der Waals surface area contributed by atoms with Gasteiger partial charge in [0.1, 0.15) is 5.00 Å². The van der Waals surface area contributed by atoms with Crippen LogP contribution < -0.4 is 5.32 Å². The van der Waals surface area contributed by atoms with E-state index in [1.54, 1.807) is 0 Å². The van der Waals surface area contributed by atoms with Crippen molar-refractivity contribution in [2.75, 3.05) is 18.5 Å². The summed E-state index contributed by atoms with van der Waals surface area (Å²) in [6.07, 6.45) is 4.03. The van der Waals surface area contributed by atoms with Crippen LogP contribution in [0.2, 0.25) is 0 Å². The fourth-order valence-corrected chi connectivity index (χ4v) is 4.33. The maximum atomic E-state index is 12.7. The van der Waals surface area contributed by atoms with E-state index in [0.717, 1.165) is 42.7 Å². The number of carbonyl (C=O) groups excluding carboxylic acids is 3. The monoisotopic (exact) mass is 408 g/mol. The highest BCUT2D eigenvalue weighted by Crippen LogP contribution is 2.34. The third kappa shape index (κ3) is 5.13. The minimum absolute atomic E-state index is 0.148. The summed E-state index contributed by atoms with van der Waals surface area (Å²) >= 11 is 1.35. The number of hydrogen-bond acceptors (Lipinski definition) is 5. The molecule has 0 spiro atoms. The van der Waals surface area contributed by atoms with Gasteiger partial charge < -0.3 is 15.0 Å². The third-order valence-corrected chi connectivity index (χ3v) is 6.37. The number of rotatable bonds is 5. The van der Waals surface area contributed by atoms with Gasteiger partial charge in [-0.05, 0) is 45.1 Å². The van der Waals surface area contributed by atoms with Crippen LogP contribution in [0.5, 0.6) is 0 Å². The van der Waals surface area contributed by atoms with Crippen LogP contribution in [0.4, 0.5) is 5.00 Å². The average Bonchev–Trinajstić information content (AvgIpc) is 2.92. The van der Waals surface area contributed by atoms with Crippen molar-refractivity contribution in [3.05, 3.63) is 16.0 Å². The third-order valence-electron chi connectivity index (χ3n) is 5.24. The molecule has 1 aliphatic heterocycles. The molecule has 2 heterocycles. The van der Waals surface area contributed by atoms with Crippen LogP contribution >= 0.6 is 11.3 Å². The molecule has 0 radical (unpaired) electrons. The molecule has 28 heavy (non-hydrogen) atoms. The predicted octanol–water partition coefficient (Wildman–Crippen LogP) is 4.30. The number of thiophene rings is 1. The van der Waals surface area contributed by atoms with E-state index in [2.05, 4.69) is 12.2 Å². The van der Waals surface area contributed by atoms with Gasteiger partial charge >= 0.3 is 5.97 Å². The molecule has 1 unspecified atom stereocenters. The summed E-state index contributed by atoms with van der Waals surface area (Å²) in [6, 6.07) is 0.228. The first kappa shape index (κ1) is 22.4. The Morgan fingerprint density at radius 3 is 2.50 bits per heavy atom. The molecular formula is C21H32N2O4S. The summed E-state index contributed by atoms with van der Waals surface area (Å²) in [5, 5.41) is 3.33. The van der Waals surface area contributed by atoms with Crippen molar-refractivity contribution in [2.24, 2.45) is 5.41 Å². The Morgan fingerprint density at radius 1 is 1.21 bits per heavy atom. The molecule has 0 aromatic carbocycles. The highest BCUT2D eigenvalue weighted by atomic mass is 32.1. The number of amides is 2. The van der Waals surface area contributed by atoms with E-state index in [-0.39, 0.29) is 24.5 Å². The lowest BCUT2D eigenvalue weighted by Gasteiger charge is -2.35. The van der Waals surface area contributed by atoms with Gasteiger partial charge in [0.15, 0.2) is 6.61 Å². The van der Waals surface area contributed by atoms with Crippen molar-refractivity contribution in [3.63, 3.8) is 0 Å². The predicted molar refractivity (Wildman–Crippen MR) is 112 cm³/mol. The minimum Gasteiger partial charge on any atom is -0.452 e. The number of nitrogens with zero attached hydrogens (tertiary/aromatic N) is 1. The molecule has 156 valence electrons. The number of anilines is 1. The Hall–Kier alpha value is -1.89. The van der Waals surface area contributed by atoms with E-state index in [0.29, 0.717) is 10.6 Å². The highest BCUT2D eigenvalue weighted by Gasteiger charge is 2.29. The Kier molecular flexibility index (Phi) is 7.26. The van der Waals surface area contributed by atoms with Crippen molar-refractivity contribution in [1.29, 1.82) is 0 Å². The van der Waals surface area contributed by atoms with Crippen LogP contribution in [-0.2, 0) is 14.3 Å². The maximum absolute atomic E-state index is 12.7. The van der Waals surface area contributed by atoms with E-state index in [1.807, 2.05) is 39.5 Å². The van der Waals surface area contributed by atoms with Crippen LogP contribution in [0.25, 0.3) is 0 Å². The largest absolute Gasteiger partial charge is 0.452 e. The molecule has 2 rings (SSSR count). The molecule has 2 amide bonds. The molecule has 0 bridgehead atoms. The lowest BCUT2D eigenvalue weighted by atomic mass is 9.96. The number of carbonyl (C=O) groups is 3. The molecule has 6 nitrogen and oxygen atoms in total. The Morgan fingerprint density at radius 2 is 1.89 bits per heavy atom. The van der Waals surface area contributed by atoms with Crippen molar-refractivity contribution in [1.82, 2.24) is 4.90 Å². The molecule has 1 aromatic rings. The fraction of sp³-hybridized carbons (Fsp3) is 0.667. The fourth-order valence-electron chi connectivity index (χ4n) is 3.29. The summed E-state index contributed by atoms with van der Waals surface area (Å²) in [7, 11) is 0. The first-order chi connectivity index (χ1) is 13.1. The Bertz CT molecular complexity index is 748. The first-order valence-corrected chi connectivity index (χ1v) is 10.8. The number of nitrogens with one attached hydrogen (secondary N) is 1. The van der Waals surface area contributed by atoms with Gasteiger partial charge in [-0.2, -0.15) is 0 Å². The molecule has 0 aliphatic carbocycles. The van der Waals surface area contributed by atoms with Crippen LogP contribution in [0.1, 0.15) is 74.2 Å². The number of likely N-dealkylation sites (tertiary alicyclic amines) is 1. The summed E-state index contributed by atoms with van der Waals surface area (Å²) in [5.41, 5.74) is 0.543. The Balaban J connectivity index is 2.09. The average molecular weight is 409 g/mol. The van der Waals surface area contributed by atoms with Crippen LogP contribution in [0, 0.1) is 19.3 Å². The second-order valence-electron chi connectivity index (χ2n) is 8.41. The second-order valence-corrected chi connectivity index (χ2v) is 9.64. The van der Waals surface area contributed by atoms with Crippen molar-refractivity contribution >= 4 is 34.1 Å². The van der Waals surface area contributed by atoms with Gasteiger partial charge in [-0.15, -0.1) is 11.3 Å².